The molecule has 1 aromatic rings. The number of carbonyl (C=O) groups excluding carboxylic acids is 1. The van der Waals surface area contributed by atoms with Crippen molar-refractivity contribution in [3.63, 3.8) is 0 Å². The molecule has 0 spiro atoms. The Morgan fingerprint density at radius 2 is 1.70 bits per heavy atom. The van der Waals surface area contributed by atoms with E-state index in [2.05, 4.69) is 17.5 Å². The molecule has 0 aromatic heterocycles. The highest BCUT2D eigenvalue weighted by molar-refractivity contribution is 5.97. The van der Waals surface area contributed by atoms with Crippen LogP contribution in [0.1, 0.15) is 51.4 Å². The van der Waals surface area contributed by atoms with E-state index >= 15 is 0 Å². The fourth-order valence-electron chi connectivity index (χ4n) is 8.47. The van der Waals surface area contributed by atoms with Gasteiger partial charge in [-0.15, -0.1) is 0 Å². The quantitative estimate of drug-likeness (QED) is 0.545. The van der Waals surface area contributed by atoms with Gasteiger partial charge in [-0.2, -0.15) is 0 Å². The van der Waals surface area contributed by atoms with Gasteiger partial charge in [0.2, 0.25) is 5.91 Å². The van der Waals surface area contributed by atoms with Gasteiger partial charge in [0.15, 0.2) is 0 Å². The number of hydrogen-bond acceptors (Lipinski definition) is 1. The molecule has 0 heterocycles. The summed E-state index contributed by atoms with van der Waals surface area (Å²) in [5.41, 5.74) is 0.861. The van der Waals surface area contributed by atoms with Gasteiger partial charge in [0, 0.05) is 5.69 Å². The van der Waals surface area contributed by atoms with Crippen LogP contribution in [-0.4, -0.2) is 5.91 Å². The van der Waals surface area contributed by atoms with Gasteiger partial charge in [-0.05, 0) is 72.8 Å². The Balaban J connectivity index is 1.32. The van der Waals surface area contributed by atoms with E-state index in [0.717, 1.165) is 23.4 Å². The Hall–Kier alpha value is -1.57. The Morgan fingerprint density at radius 1 is 0.926 bits per heavy atom. The number of para-hydroxylation sites is 1. The van der Waals surface area contributed by atoms with Crippen molar-refractivity contribution in [2.45, 2.75) is 51.4 Å². The number of benzene rings is 1. The molecule has 4 fully saturated rings. The summed E-state index contributed by atoms with van der Waals surface area (Å²) in [6.45, 7) is 0. The van der Waals surface area contributed by atoms with E-state index in [1.165, 1.54) is 51.4 Å². The lowest BCUT2D eigenvalue weighted by Crippen LogP contribution is -2.51. The number of rotatable bonds is 3. The second-order valence-corrected chi connectivity index (χ2v) is 10.1. The summed E-state index contributed by atoms with van der Waals surface area (Å²) in [5.74, 6) is 5.38. The van der Waals surface area contributed by atoms with E-state index in [4.69, 9.17) is 0 Å². The van der Waals surface area contributed by atoms with Gasteiger partial charge in [0.1, 0.15) is 0 Å². The molecule has 4 saturated carbocycles. The molecular formula is C25H31NO. The molecule has 7 unspecified atom stereocenters. The predicted molar refractivity (Wildman–Crippen MR) is 108 cm³/mol. The molecule has 142 valence electrons. The Bertz CT molecular complexity index is 764. The van der Waals surface area contributed by atoms with Crippen molar-refractivity contribution in [2.24, 2.45) is 46.8 Å². The van der Waals surface area contributed by atoms with Gasteiger partial charge in [-0.3, -0.25) is 4.79 Å². The average Bonchev–Trinajstić information content (AvgIpc) is 3.47. The SMILES string of the molecule is O=C(Nc1ccccc1)C12C3C=CC(C3)C1C1CC2CC1C1CCCCC1. The van der Waals surface area contributed by atoms with Crippen molar-refractivity contribution in [1.29, 1.82) is 0 Å². The fourth-order valence-corrected chi connectivity index (χ4v) is 8.47. The topological polar surface area (TPSA) is 29.1 Å². The van der Waals surface area contributed by atoms with E-state index in [1.807, 2.05) is 30.3 Å². The van der Waals surface area contributed by atoms with Crippen LogP contribution in [0.5, 0.6) is 0 Å². The highest BCUT2D eigenvalue weighted by Gasteiger charge is 2.73. The molecule has 5 aliphatic rings. The van der Waals surface area contributed by atoms with Gasteiger partial charge in [-0.1, -0.05) is 62.5 Å². The summed E-state index contributed by atoms with van der Waals surface area (Å²) in [4.78, 5) is 13.7. The summed E-state index contributed by atoms with van der Waals surface area (Å²) in [7, 11) is 0. The maximum absolute atomic E-state index is 13.7. The first-order valence-electron chi connectivity index (χ1n) is 11.3. The van der Waals surface area contributed by atoms with Gasteiger partial charge in [0.25, 0.3) is 0 Å². The molecule has 5 aliphatic carbocycles. The summed E-state index contributed by atoms with van der Waals surface area (Å²) in [6.07, 6.45) is 16.0. The first kappa shape index (κ1) is 16.4. The van der Waals surface area contributed by atoms with E-state index in [9.17, 15) is 4.79 Å². The number of anilines is 1. The number of allylic oxidation sites excluding steroid dienone is 2. The fraction of sp³-hybridized carbons (Fsp3) is 0.640. The number of hydrogen-bond donors (Lipinski definition) is 1. The van der Waals surface area contributed by atoms with Crippen LogP contribution >= 0.6 is 0 Å². The first-order chi connectivity index (χ1) is 13.3. The third kappa shape index (κ3) is 2.16. The molecule has 2 nitrogen and oxygen atoms in total. The number of fused-ring (bicyclic) bond motifs is 9. The van der Waals surface area contributed by atoms with Crippen LogP contribution in [0.4, 0.5) is 5.69 Å². The molecule has 0 saturated heterocycles. The van der Waals surface area contributed by atoms with Crippen LogP contribution in [0, 0.1) is 46.8 Å². The zero-order valence-electron chi connectivity index (χ0n) is 16.1. The van der Waals surface area contributed by atoms with Crippen molar-refractivity contribution in [3.8, 4) is 0 Å². The number of amides is 1. The summed E-state index contributed by atoms with van der Waals surface area (Å²) >= 11 is 0. The molecule has 27 heavy (non-hydrogen) atoms. The Morgan fingerprint density at radius 3 is 2.52 bits per heavy atom. The largest absolute Gasteiger partial charge is 0.326 e. The van der Waals surface area contributed by atoms with Crippen LogP contribution in [0.2, 0.25) is 0 Å². The third-order valence-electron chi connectivity index (χ3n) is 9.22. The molecule has 6 rings (SSSR count). The first-order valence-corrected chi connectivity index (χ1v) is 11.3. The zero-order chi connectivity index (χ0) is 18.0. The second-order valence-electron chi connectivity index (χ2n) is 10.1. The minimum atomic E-state index is -0.106. The lowest BCUT2D eigenvalue weighted by molar-refractivity contribution is -0.135. The number of carbonyl (C=O) groups is 1. The van der Waals surface area contributed by atoms with Gasteiger partial charge < -0.3 is 5.32 Å². The predicted octanol–water partition coefficient (Wildman–Crippen LogP) is 5.67. The number of nitrogens with one attached hydrogen (secondary N) is 1. The lowest BCUT2D eigenvalue weighted by atomic mass is 9.56. The van der Waals surface area contributed by atoms with Crippen LogP contribution < -0.4 is 5.32 Å². The maximum atomic E-state index is 13.7. The highest BCUT2D eigenvalue weighted by atomic mass is 16.2. The van der Waals surface area contributed by atoms with Crippen molar-refractivity contribution in [2.75, 3.05) is 5.32 Å². The van der Waals surface area contributed by atoms with E-state index < -0.39 is 0 Å². The summed E-state index contributed by atoms with van der Waals surface area (Å²) < 4.78 is 0. The van der Waals surface area contributed by atoms with Crippen molar-refractivity contribution >= 4 is 11.6 Å². The third-order valence-corrected chi connectivity index (χ3v) is 9.22. The normalized spacial score (nSPS) is 44.6. The van der Waals surface area contributed by atoms with Crippen molar-refractivity contribution < 1.29 is 4.79 Å². The van der Waals surface area contributed by atoms with Crippen LogP contribution in [-0.2, 0) is 4.79 Å². The molecule has 1 N–H and O–H groups in total. The lowest BCUT2D eigenvalue weighted by Gasteiger charge is -2.48. The van der Waals surface area contributed by atoms with E-state index in [-0.39, 0.29) is 5.41 Å². The molecule has 0 aliphatic heterocycles. The zero-order valence-corrected chi connectivity index (χ0v) is 16.1. The molecule has 2 heteroatoms. The highest BCUT2D eigenvalue weighted by Crippen LogP contribution is 2.75. The molecule has 7 atom stereocenters. The molecule has 1 amide bonds. The monoisotopic (exact) mass is 361 g/mol. The van der Waals surface area contributed by atoms with E-state index in [1.54, 1.807) is 0 Å². The van der Waals surface area contributed by atoms with Crippen LogP contribution in [0.25, 0.3) is 0 Å². The summed E-state index contributed by atoms with van der Waals surface area (Å²) in [6, 6.07) is 10.1. The van der Waals surface area contributed by atoms with Gasteiger partial charge in [-0.25, -0.2) is 0 Å². The van der Waals surface area contributed by atoms with Crippen LogP contribution in [0.3, 0.4) is 0 Å². The maximum Gasteiger partial charge on any atom is 0.231 e. The Labute approximate surface area is 162 Å². The summed E-state index contributed by atoms with van der Waals surface area (Å²) in [5, 5.41) is 3.34. The smallest absolute Gasteiger partial charge is 0.231 e. The minimum Gasteiger partial charge on any atom is -0.326 e. The standard InChI is InChI=1S/C25H31NO/c27-24(26-20-9-5-2-6-10-20)25-18-12-11-17(13-18)23(25)22-15-19(25)14-21(22)16-7-3-1-4-8-16/h2,5-6,9-12,16-19,21-23H,1,3-4,7-8,13-15H2,(H,26,27). The average molecular weight is 362 g/mol. The molecule has 0 radical (unpaired) electrons. The van der Waals surface area contributed by atoms with Crippen molar-refractivity contribution in [1.82, 2.24) is 0 Å². The van der Waals surface area contributed by atoms with Gasteiger partial charge in [0.05, 0.1) is 5.41 Å². The molecule has 4 bridgehead atoms. The van der Waals surface area contributed by atoms with Crippen molar-refractivity contribution in [3.05, 3.63) is 42.5 Å². The molecule has 1 aromatic carbocycles. The van der Waals surface area contributed by atoms with Gasteiger partial charge >= 0.3 is 0 Å². The van der Waals surface area contributed by atoms with E-state index in [0.29, 0.717) is 29.6 Å². The van der Waals surface area contributed by atoms with Crippen LogP contribution in [0.15, 0.2) is 42.5 Å². The minimum absolute atomic E-state index is 0.106. The Kier molecular flexibility index (Phi) is 3.62. The molecular weight excluding hydrogens is 330 g/mol. The second kappa shape index (κ2) is 5.96.